The highest BCUT2D eigenvalue weighted by atomic mass is 35.5. The maximum absolute atomic E-state index is 12.1. The lowest BCUT2D eigenvalue weighted by molar-refractivity contribution is -0.122. The highest BCUT2D eigenvalue weighted by Gasteiger charge is 2.18. The monoisotopic (exact) mass is 302 g/mol. The van der Waals surface area contributed by atoms with Crippen LogP contribution < -0.4 is 5.32 Å². The predicted molar refractivity (Wildman–Crippen MR) is 76.7 cm³/mol. The molecule has 4 nitrogen and oxygen atoms in total. The van der Waals surface area contributed by atoms with Crippen LogP contribution in [0.15, 0.2) is 18.2 Å². The molecule has 1 aromatic rings. The molecule has 0 aliphatic heterocycles. The Bertz CT molecular complexity index is 490. The zero-order chi connectivity index (χ0) is 14.6. The molecule has 0 fully saturated rings. The van der Waals surface area contributed by atoms with Crippen molar-refractivity contribution in [1.29, 1.82) is 0 Å². The molecule has 0 spiro atoms. The van der Waals surface area contributed by atoms with Crippen LogP contribution in [0, 0.1) is 0 Å². The Labute approximate surface area is 122 Å². The average Bonchev–Trinajstić information content (AvgIpc) is 2.30. The third-order valence-electron chi connectivity index (χ3n) is 2.34. The summed E-state index contributed by atoms with van der Waals surface area (Å²) in [4.78, 5) is 25.0. The number of amides is 2. The van der Waals surface area contributed by atoms with Crippen LogP contribution in [0.25, 0.3) is 0 Å². The van der Waals surface area contributed by atoms with Crippen molar-refractivity contribution in [2.45, 2.75) is 19.9 Å². The van der Waals surface area contributed by atoms with Crippen molar-refractivity contribution in [2.24, 2.45) is 0 Å². The molecule has 0 aromatic heterocycles. The molecular formula is C13H16Cl2N2O2. The minimum absolute atomic E-state index is 0.0279. The summed E-state index contributed by atoms with van der Waals surface area (Å²) in [6.07, 6.45) is 0. The van der Waals surface area contributed by atoms with Crippen molar-refractivity contribution >= 4 is 35.0 Å². The Morgan fingerprint density at radius 1 is 1.32 bits per heavy atom. The Kier molecular flexibility index (Phi) is 5.63. The largest absolute Gasteiger partial charge is 0.352 e. The van der Waals surface area contributed by atoms with E-state index in [-0.39, 0.29) is 30.0 Å². The van der Waals surface area contributed by atoms with Gasteiger partial charge >= 0.3 is 0 Å². The summed E-state index contributed by atoms with van der Waals surface area (Å²) < 4.78 is 0. The molecule has 0 heterocycles. The zero-order valence-corrected chi connectivity index (χ0v) is 12.5. The van der Waals surface area contributed by atoms with Gasteiger partial charge in [-0.15, -0.1) is 0 Å². The number of nitrogens with zero attached hydrogens (tertiary/aromatic N) is 1. The van der Waals surface area contributed by atoms with Gasteiger partial charge in [0.2, 0.25) is 5.91 Å². The number of benzene rings is 1. The molecule has 0 atom stereocenters. The molecule has 0 saturated carbocycles. The van der Waals surface area contributed by atoms with E-state index in [2.05, 4.69) is 5.32 Å². The fourth-order valence-electron chi connectivity index (χ4n) is 1.52. The lowest BCUT2D eigenvalue weighted by Gasteiger charge is -2.18. The predicted octanol–water partition coefficient (Wildman–Crippen LogP) is 2.59. The third kappa shape index (κ3) is 4.73. The smallest absolute Gasteiger partial charge is 0.255 e. The van der Waals surface area contributed by atoms with Gasteiger partial charge in [0, 0.05) is 18.1 Å². The highest BCUT2D eigenvalue weighted by Crippen LogP contribution is 2.21. The van der Waals surface area contributed by atoms with Gasteiger partial charge < -0.3 is 10.2 Å². The molecule has 19 heavy (non-hydrogen) atoms. The van der Waals surface area contributed by atoms with E-state index < -0.39 is 0 Å². The Balaban J connectivity index is 2.77. The number of rotatable bonds is 4. The maximum atomic E-state index is 12.1. The van der Waals surface area contributed by atoms with E-state index in [1.807, 2.05) is 13.8 Å². The SMILES string of the molecule is CC(C)NC(=O)CN(C)C(=O)c1cc(Cl)ccc1Cl. The summed E-state index contributed by atoms with van der Waals surface area (Å²) in [5.74, 6) is -0.560. The Morgan fingerprint density at radius 3 is 2.53 bits per heavy atom. The molecule has 0 aliphatic carbocycles. The van der Waals surface area contributed by atoms with Gasteiger partial charge in [-0.25, -0.2) is 0 Å². The van der Waals surface area contributed by atoms with Crippen molar-refractivity contribution in [3.63, 3.8) is 0 Å². The minimum atomic E-state index is -0.341. The highest BCUT2D eigenvalue weighted by molar-refractivity contribution is 6.35. The standard InChI is InChI=1S/C13H16Cl2N2O2/c1-8(2)16-12(18)7-17(3)13(19)10-6-9(14)4-5-11(10)15/h4-6,8H,7H2,1-3H3,(H,16,18). The van der Waals surface area contributed by atoms with E-state index in [4.69, 9.17) is 23.2 Å². The molecule has 0 saturated heterocycles. The van der Waals surface area contributed by atoms with Crippen LogP contribution in [0.1, 0.15) is 24.2 Å². The van der Waals surface area contributed by atoms with Crippen LogP contribution in [0.5, 0.6) is 0 Å². The fraction of sp³-hybridized carbons (Fsp3) is 0.385. The lowest BCUT2D eigenvalue weighted by atomic mass is 10.2. The zero-order valence-electron chi connectivity index (χ0n) is 11.0. The van der Waals surface area contributed by atoms with Crippen molar-refractivity contribution in [3.05, 3.63) is 33.8 Å². The van der Waals surface area contributed by atoms with Gasteiger partial charge in [-0.3, -0.25) is 9.59 Å². The van der Waals surface area contributed by atoms with E-state index >= 15 is 0 Å². The van der Waals surface area contributed by atoms with Gasteiger partial charge in [0.1, 0.15) is 0 Å². The quantitative estimate of drug-likeness (QED) is 0.929. The summed E-state index contributed by atoms with van der Waals surface area (Å²) in [6, 6.07) is 4.68. The average molecular weight is 303 g/mol. The van der Waals surface area contributed by atoms with E-state index in [0.29, 0.717) is 10.0 Å². The van der Waals surface area contributed by atoms with Gasteiger partial charge in [0.15, 0.2) is 0 Å². The molecule has 0 bridgehead atoms. The van der Waals surface area contributed by atoms with Gasteiger partial charge in [-0.1, -0.05) is 23.2 Å². The number of hydrogen-bond acceptors (Lipinski definition) is 2. The van der Waals surface area contributed by atoms with Crippen molar-refractivity contribution in [3.8, 4) is 0 Å². The van der Waals surface area contributed by atoms with Gasteiger partial charge in [-0.2, -0.15) is 0 Å². The molecule has 2 amide bonds. The van der Waals surface area contributed by atoms with Crippen molar-refractivity contribution in [2.75, 3.05) is 13.6 Å². The number of carbonyl (C=O) groups is 2. The molecular weight excluding hydrogens is 287 g/mol. The molecule has 1 aromatic carbocycles. The summed E-state index contributed by atoms with van der Waals surface area (Å²) in [7, 11) is 1.54. The van der Waals surface area contributed by atoms with Crippen LogP contribution in [0.2, 0.25) is 10.0 Å². The van der Waals surface area contributed by atoms with Crippen LogP contribution in [-0.4, -0.2) is 36.3 Å². The summed E-state index contributed by atoms with van der Waals surface area (Å²) in [5.41, 5.74) is 0.286. The second-order valence-corrected chi connectivity index (χ2v) is 5.35. The molecule has 0 unspecified atom stereocenters. The second-order valence-electron chi connectivity index (χ2n) is 4.51. The first-order valence-electron chi connectivity index (χ1n) is 5.81. The van der Waals surface area contributed by atoms with Crippen LogP contribution in [-0.2, 0) is 4.79 Å². The molecule has 104 valence electrons. The Morgan fingerprint density at radius 2 is 1.95 bits per heavy atom. The first-order chi connectivity index (χ1) is 8.81. The second kappa shape index (κ2) is 6.78. The van der Waals surface area contributed by atoms with E-state index in [1.165, 1.54) is 11.0 Å². The third-order valence-corrected chi connectivity index (χ3v) is 2.90. The number of carbonyl (C=O) groups excluding carboxylic acids is 2. The topological polar surface area (TPSA) is 49.4 Å². The van der Waals surface area contributed by atoms with Crippen LogP contribution in [0.3, 0.4) is 0 Å². The molecule has 6 heteroatoms. The first kappa shape index (κ1) is 15.8. The van der Waals surface area contributed by atoms with Crippen molar-refractivity contribution < 1.29 is 9.59 Å². The molecule has 0 radical (unpaired) electrons. The molecule has 1 N–H and O–H groups in total. The van der Waals surface area contributed by atoms with Gasteiger partial charge in [0.25, 0.3) is 5.91 Å². The number of nitrogens with one attached hydrogen (secondary N) is 1. The number of halogens is 2. The van der Waals surface area contributed by atoms with Gasteiger partial charge in [0.05, 0.1) is 17.1 Å². The lowest BCUT2D eigenvalue weighted by Crippen LogP contribution is -2.40. The van der Waals surface area contributed by atoms with Crippen molar-refractivity contribution in [1.82, 2.24) is 10.2 Å². The normalized spacial score (nSPS) is 10.4. The number of hydrogen-bond donors (Lipinski definition) is 1. The summed E-state index contributed by atoms with van der Waals surface area (Å²) in [5, 5.41) is 3.45. The summed E-state index contributed by atoms with van der Waals surface area (Å²) in [6.45, 7) is 3.68. The van der Waals surface area contributed by atoms with Gasteiger partial charge in [-0.05, 0) is 32.0 Å². The van der Waals surface area contributed by atoms with Crippen LogP contribution in [0.4, 0.5) is 0 Å². The van der Waals surface area contributed by atoms with Crippen LogP contribution >= 0.6 is 23.2 Å². The number of likely N-dealkylation sites (N-methyl/N-ethyl adjacent to an activating group) is 1. The minimum Gasteiger partial charge on any atom is -0.352 e. The van der Waals surface area contributed by atoms with E-state index in [0.717, 1.165) is 0 Å². The first-order valence-corrected chi connectivity index (χ1v) is 6.56. The Hall–Kier alpha value is -1.26. The molecule has 0 aliphatic rings. The maximum Gasteiger partial charge on any atom is 0.255 e. The summed E-state index contributed by atoms with van der Waals surface area (Å²) >= 11 is 11.8. The van der Waals surface area contributed by atoms with E-state index in [9.17, 15) is 9.59 Å². The van der Waals surface area contributed by atoms with E-state index in [1.54, 1.807) is 19.2 Å². The fourth-order valence-corrected chi connectivity index (χ4v) is 1.89. The molecule has 1 rings (SSSR count).